The molecule has 0 spiro atoms. The van der Waals surface area contributed by atoms with E-state index < -0.39 is 0 Å². The van der Waals surface area contributed by atoms with Crippen molar-refractivity contribution in [2.24, 2.45) is 0 Å². The molecule has 1 fully saturated rings. The van der Waals surface area contributed by atoms with E-state index in [0.29, 0.717) is 0 Å². The molecule has 0 saturated carbocycles. The van der Waals surface area contributed by atoms with E-state index in [1.54, 1.807) is 0 Å². The van der Waals surface area contributed by atoms with E-state index in [1.807, 2.05) is 35.9 Å². The average molecular weight is 336 g/mol. The minimum absolute atomic E-state index is 0.170. The SMILES string of the molecule is Cc1nn(-c2ccc(Br)cc2)cc1CN1CC[C@@H](O)C1. The summed E-state index contributed by atoms with van der Waals surface area (Å²) >= 11 is 3.44. The van der Waals surface area contributed by atoms with E-state index in [1.165, 1.54) is 5.56 Å². The highest BCUT2D eigenvalue weighted by Gasteiger charge is 2.21. The summed E-state index contributed by atoms with van der Waals surface area (Å²) in [7, 11) is 0. The molecule has 20 heavy (non-hydrogen) atoms. The molecule has 3 rings (SSSR count). The molecule has 2 aromatic rings. The molecule has 4 nitrogen and oxygen atoms in total. The molecular weight excluding hydrogens is 318 g/mol. The third kappa shape index (κ3) is 2.95. The summed E-state index contributed by atoms with van der Waals surface area (Å²) in [6.45, 7) is 4.63. The minimum atomic E-state index is -0.170. The number of aryl methyl sites for hydroxylation is 1. The van der Waals surface area contributed by atoms with Gasteiger partial charge in [0.15, 0.2) is 0 Å². The van der Waals surface area contributed by atoms with Gasteiger partial charge in [-0.3, -0.25) is 4.90 Å². The van der Waals surface area contributed by atoms with Crippen LogP contribution in [0.5, 0.6) is 0 Å². The third-order valence-electron chi connectivity index (χ3n) is 3.73. The Hall–Kier alpha value is -1.17. The number of aromatic nitrogens is 2. The first kappa shape index (κ1) is 13.8. The molecule has 5 heteroatoms. The summed E-state index contributed by atoms with van der Waals surface area (Å²) in [6.07, 6.45) is 2.79. The number of aliphatic hydroxyl groups excluding tert-OH is 1. The van der Waals surface area contributed by atoms with Crippen LogP contribution >= 0.6 is 15.9 Å². The number of nitrogens with zero attached hydrogens (tertiary/aromatic N) is 3. The Morgan fingerprint density at radius 3 is 2.75 bits per heavy atom. The largest absolute Gasteiger partial charge is 0.392 e. The molecule has 1 atom stereocenters. The first-order valence-electron chi connectivity index (χ1n) is 6.83. The normalized spacial score (nSPS) is 19.6. The zero-order valence-corrected chi connectivity index (χ0v) is 13.0. The maximum atomic E-state index is 9.59. The van der Waals surface area contributed by atoms with Crippen LogP contribution in [0.1, 0.15) is 17.7 Å². The number of hydrogen-bond donors (Lipinski definition) is 1. The lowest BCUT2D eigenvalue weighted by Crippen LogP contribution is -2.21. The summed E-state index contributed by atoms with van der Waals surface area (Å²) in [4.78, 5) is 2.28. The first-order valence-corrected chi connectivity index (χ1v) is 7.62. The van der Waals surface area contributed by atoms with Crippen molar-refractivity contribution in [3.63, 3.8) is 0 Å². The molecule has 0 amide bonds. The quantitative estimate of drug-likeness (QED) is 0.936. The number of halogens is 1. The number of aliphatic hydroxyl groups is 1. The molecule has 1 aliphatic heterocycles. The van der Waals surface area contributed by atoms with Gasteiger partial charge in [-0.1, -0.05) is 15.9 Å². The molecule has 0 unspecified atom stereocenters. The van der Waals surface area contributed by atoms with Crippen molar-refractivity contribution in [3.8, 4) is 5.69 Å². The molecule has 2 heterocycles. The predicted octanol–water partition coefficient (Wildman–Crippen LogP) is 2.51. The number of likely N-dealkylation sites (tertiary alicyclic amines) is 1. The zero-order chi connectivity index (χ0) is 14.1. The van der Waals surface area contributed by atoms with E-state index in [2.05, 4.69) is 32.1 Å². The summed E-state index contributed by atoms with van der Waals surface area (Å²) in [5.74, 6) is 0. The van der Waals surface area contributed by atoms with Crippen LogP contribution in [0.25, 0.3) is 5.69 Å². The lowest BCUT2D eigenvalue weighted by molar-refractivity contribution is 0.174. The lowest BCUT2D eigenvalue weighted by atomic mass is 10.2. The Morgan fingerprint density at radius 2 is 2.10 bits per heavy atom. The highest BCUT2D eigenvalue weighted by molar-refractivity contribution is 9.10. The molecular formula is C15H18BrN3O. The highest BCUT2D eigenvalue weighted by atomic mass is 79.9. The van der Waals surface area contributed by atoms with Gasteiger partial charge < -0.3 is 5.11 Å². The van der Waals surface area contributed by atoms with E-state index in [4.69, 9.17) is 0 Å². The van der Waals surface area contributed by atoms with Crippen molar-refractivity contribution in [2.75, 3.05) is 13.1 Å². The van der Waals surface area contributed by atoms with Gasteiger partial charge in [0.1, 0.15) is 0 Å². The van der Waals surface area contributed by atoms with Gasteiger partial charge in [-0.2, -0.15) is 5.10 Å². The van der Waals surface area contributed by atoms with Crippen molar-refractivity contribution in [3.05, 3.63) is 46.2 Å². The second kappa shape index (κ2) is 5.68. The third-order valence-corrected chi connectivity index (χ3v) is 4.26. The molecule has 0 bridgehead atoms. The average Bonchev–Trinajstić information content (AvgIpc) is 2.98. The van der Waals surface area contributed by atoms with Crippen molar-refractivity contribution in [1.29, 1.82) is 0 Å². The predicted molar refractivity (Wildman–Crippen MR) is 81.9 cm³/mol. The molecule has 1 aliphatic rings. The second-order valence-electron chi connectivity index (χ2n) is 5.34. The Bertz CT molecular complexity index is 594. The first-order chi connectivity index (χ1) is 9.61. The van der Waals surface area contributed by atoms with E-state index >= 15 is 0 Å². The van der Waals surface area contributed by atoms with Gasteiger partial charge in [-0.25, -0.2) is 4.68 Å². The molecule has 1 aromatic heterocycles. The summed E-state index contributed by atoms with van der Waals surface area (Å²) in [5.41, 5.74) is 3.33. The number of benzene rings is 1. The highest BCUT2D eigenvalue weighted by Crippen LogP contribution is 2.18. The van der Waals surface area contributed by atoms with E-state index in [0.717, 1.165) is 41.9 Å². The minimum Gasteiger partial charge on any atom is -0.392 e. The van der Waals surface area contributed by atoms with Crippen LogP contribution < -0.4 is 0 Å². The summed E-state index contributed by atoms with van der Waals surface area (Å²) < 4.78 is 2.99. The van der Waals surface area contributed by atoms with Crippen LogP contribution in [0.4, 0.5) is 0 Å². The van der Waals surface area contributed by atoms with Gasteiger partial charge in [0.05, 0.1) is 17.5 Å². The van der Waals surface area contributed by atoms with E-state index in [-0.39, 0.29) is 6.10 Å². The fraction of sp³-hybridized carbons (Fsp3) is 0.400. The maximum Gasteiger partial charge on any atom is 0.0679 e. The molecule has 106 valence electrons. The van der Waals surface area contributed by atoms with Crippen molar-refractivity contribution < 1.29 is 5.11 Å². The number of β-amino-alcohol motifs (C(OH)–C–C–N with tert-alkyl or cyclic N) is 1. The van der Waals surface area contributed by atoms with Crippen LogP contribution in [-0.2, 0) is 6.54 Å². The van der Waals surface area contributed by atoms with Crippen LogP contribution in [0.15, 0.2) is 34.9 Å². The Morgan fingerprint density at radius 1 is 1.35 bits per heavy atom. The molecule has 1 saturated heterocycles. The fourth-order valence-electron chi connectivity index (χ4n) is 2.57. The Labute approximate surface area is 127 Å². The van der Waals surface area contributed by atoms with E-state index in [9.17, 15) is 5.11 Å². The van der Waals surface area contributed by atoms with Crippen molar-refractivity contribution >= 4 is 15.9 Å². The van der Waals surface area contributed by atoms with Crippen molar-refractivity contribution in [1.82, 2.24) is 14.7 Å². The van der Waals surface area contributed by atoms with Gasteiger partial charge in [0.2, 0.25) is 0 Å². The lowest BCUT2D eigenvalue weighted by Gasteiger charge is -2.13. The van der Waals surface area contributed by atoms with Crippen LogP contribution in [0, 0.1) is 6.92 Å². The summed E-state index contributed by atoms with van der Waals surface area (Å²) in [5, 5.41) is 14.2. The van der Waals surface area contributed by atoms with Gasteiger partial charge in [0, 0.05) is 35.9 Å². The molecule has 1 aromatic carbocycles. The number of rotatable bonds is 3. The monoisotopic (exact) mass is 335 g/mol. The topological polar surface area (TPSA) is 41.3 Å². The number of hydrogen-bond acceptors (Lipinski definition) is 3. The smallest absolute Gasteiger partial charge is 0.0679 e. The molecule has 0 radical (unpaired) electrons. The molecule has 0 aliphatic carbocycles. The van der Waals surface area contributed by atoms with Crippen LogP contribution in [0.2, 0.25) is 0 Å². The van der Waals surface area contributed by atoms with Crippen LogP contribution in [-0.4, -0.2) is 39.0 Å². The standard InChI is InChI=1S/C15H18BrN3O/c1-11-12(8-18-7-6-15(20)10-18)9-19(17-11)14-4-2-13(16)3-5-14/h2-5,9,15,20H,6-8,10H2,1H3/t15-/m1/s1. The maximum absolute atomic E-state index is 9.59. The molecule has 1 N–H and O–H groups in total. The Balaban J connectivity index is 1.78. The second-order valence-corrected chi connectivity index (χ2v) is 6.25. The van der Waals surface area contributed by atoms with Gasteiger partial charge in [-0.05, 0) is 37.6 Å². The van der Waals surface area contributed by atoms with Crippen LogP contribution in [0.3, 0.4) is 0 Å². The van der Waals surface area contributed by atoms with Crippen molar-refractivity contribution in [2.45, 2.75) is 26.0 Å². The van der Waals surface area contributed by atoms with Gasteiger partial charge in [-0.15, -0.1) is 0 Å². The van der Waals surface area contributed by atoms with Gasteiger partial charge in [0.25, 0.3) is 0 Å². The Kier molecular flexibility index (Phi) is 3.92. The van der Waals surface area contributed by atoms with Gasteiger partial charge >= 0.3 is 0 Å². The fourth-order valence-corrected chi connectivity index (χ4v) is 2.84. The summed E-state index contributed by atoms with van der Waals surface area (Å²) in [6, 6.07) is 8.12. The zero-order valence-electron chi connectivity index (χ0n) is 11.5.